The minimum absolute atomic E-state index is 0.0877. The lowest BCUT2D eigenvalue weighted by molar-refractivity contribution is -0.129. The quantitative estimate of drug-likeness (QED) is 0.610. The Kier molecular flexibility index (Phi) is 6.38. The number of carbonyl (C=O) groups is 1. The fourth-order valence-electron chi connectivity index (χ4n) is 4.45. The Bertz CT molecular complexity index is 928. The Hall–Kier alpha value is -2.40. The minimum Gasteiger partial charge on any atom is -0.497 e. The summed E-state index contributed by atoms with van der Waals surface area (Å²) in [7, 11) is 1.67. The number of amides is 1. The van der Waals surface area contributed by atoms with Gasteiger partial charge in [0.25, 0.3) is 5.91 Å². The van der Waals surface area contributed by atoms with Crippen molar-refractivity contribution in [3.8, 4) is 5.75 Å². The predicted molar refractivity (Wildman–Crippen MR) is 125 cm³/mol. The lowest BCUT2D eigenvalue weighted by Crippen LogP contribution is -2.48. The van der Waals surface area contributed by atoms with Gasteiger partial charge in [0.2, 0.25) is 0 Å². The molecule has 158 valence electrons. The molecule has 1 saturated carbocycles. The van der Waals surface area contributed by atoms with Crippen molar-refractivity contribution in [3.63, 3.8) is 0 Å². The lowest BCUT2D eigenvalue weighted by atomic mass is 9.85. The highest BCUT2D eigenvalue weighted by molar-refractivity contribution is 8.05. The van der Waals surface area contributed by atoms with E-state index in [9.17, 15) is 4.79 Å². The summed E-state index contributed by atoms with van der Waals surface area (Å²) < 4.78 is 5.32. The van der Waals surface area contributed by atoms with Crippen LogP contribution in [-0.2, 0) is 4.79 Å². The first-order chi connectivity index (χ1) is 14.6. The van der Waals surface area contributed by atoms with Gasteiger partial charge in [-0.25, -0.2) is 0 Å². The third kappa shape index (κ3) is 4.36. The molecule has 2 aliphatic rings. The number of para-hydroxylation sites is 1. The first kappa shape index (κ1) is 20.9. The third-order valence-electron chi connectivity index (χ3n) is 6.19. The molecule has 1 heterocycles. The van der Waals surface area contributed by atoms with Gasteiger partial charge in [0.05, 0.1) is 12.0 Å². The molecule has 2 aromatic carbocycles. The number of thioether (sulfide) groups is 1. The zero-order chi connectivity index (χ0) is 21.1. The Balaban J connectivity index is 1.65. The summed E-state index contributed by atoms with van der Waals surface area (Å²) in [6, 6.07) is 16.4. The summed E-state index contributed by atoms with van der Waals surface area (Å²) >= 11 is 1.63. The van der Waals surface area contributed by atoms with E-state index in [0.29, 0.717) is 5.92 Å². The summed E-state index contributed by atoms with van der Waals surface area (Å²) in [5.74, 6) is 1.49. The molecule has 1 aliphatic carbocycles. The number of methoxy groups -OCH3 is 1. The molecule has 0 radical (unpaired) electrons. The topological polar surface area (TPSA) is 41.6 Å². The maximum absolute atomic E-state index is 13.6. The second-order valence-corrected chi connectivity index (χ2v) is 9.38. The molecule has 0 spiro atoms. The molecule has 0 bridgehead atoms. The van der Waals surface area contributed by atoms with Gasteiger partial charge in [0, 0.05) is 11.7 Å². The van der Waals surface area contributed by atoms with E-state index >= 15 is 0 Å². The van der Waals surface area contributed by atoms with Crippen LogP contribution in [0.3, 0.4) is 0 Å². The maximum Gasteiger partial charge on any atom is 0.262 e. The highest BCUT2D eigenvalue weighted by Gasteiger charge is 2.42. The van der Waals surface area contributed by atoms with E-state index < -0.39 is 0 Å². The maximum atomic E-state index is 13.6. The van der Waals surface area contributed by atoms with Crippen LogP contribution < -0.4 is 10.1 Å². The van der Waals surface area contributed by atoms with E-state index in [2.05, 4.69) is 36.2 Å². The van der Waals surface area contributed by atoms with Crippen LogP contribution in [0.4, 0.5) is 5.69 Å². The van der Waals surface area contributed by atoms with Gasteiger partial charge in [-0.3, -0.25) is 4.79 Å². The van der Waals surface area contributed by atoms with E-state index in [1.54, 1.807) is 18.9 Å². The molecule has 5 heteroatoms. The average Bonchev–Trinajstić information content (AvgIpc) is 3.05. The first-order valence-electron chi connectivity index (χ1n) is 10.7. The number of carbonyl (C=O) groups excluding carboxylic acids is 1. The number of ether oxygens (including phenoxy) is 1. The molecule has 2 aromatic rings. The predicted octanol–water partition coefficient (Wildman–Crippen LogP) is 5.89. The van der Waals surface area contributed by atoms with Crippen LogP contribution in [0.2, 0.25) is 0 Å². The van der Waals surface area contributed by atoms with Crippen molar-refractivity contribution in [2.75, 3.05) is 12.4 Å². The molecular formula is C25H30N2O2S. The molecule has 1 amide bonds. The molecule has 3 atom stereocenters. The fourth-order valence-corrected chi connectivity index (χ4v) is 5.65. The van der Waals surface area contributed by atoms with Crippen molar-refractivity contribution in [3.05, 3.63) is 64.6 Å². The number of anilines is 1. The Morgan fingerprint density at radius 2 is 1.90 bits per heavy atom. The summed E-state index contributed by atoms with van der Waals surface area (Å²) in [5.41, 5.74) is 3.12. The van der Waals surface area contributed by atoms with Gasteiger partial charge in [-0.2, -0.15) is 0 Å². The monoisotopic (exact) mass is 422 g/mol. The van der Waals surface area contributed by atoms with Crippen molar-refractivity contribution < 1.29 is 9.53 Å². The van der Waals surface area contributed by atoms with Gasteiger partial charge >= 0.3 is 0 Å². The Morgan fingerprint density at radius 1 is 1.13 bits per heavy atom. The van der Waals surface area contributed by atoms with Crippen LogP contribution >= 0.6 is 11.8 Å². The van der Waals surface area contributed by atoms with Crippen molar-refractivity contribution in [2.45, 2.75) is 51.1 Å². The number of rotatable bonds is 5. The smallest absolute Gasteiger partial charge is 0.262 e. The molecule has 1 N–H and O–H groups in total. The fraction of sp³-hybridized carbons (Fsp3) is 0.400. The largest absolute Gasteiger partial charge is 0.497 e. The summed E-state index contributed by atoms with van der Waals surface area (Å²) in [6.45, 7) is 4.34. The molecule has 1 saturated heterocycles. The molecule has 4 rings (SSSR count). The van der Waals surface area contributed by atoms with E-state index in [4.69, 9.17) is 4.74 Å². The van der Waals surface area contributed by atoms with Crippen LogP contribution in [0.5, 0.6) is 5.75 Å². The van der Waals surface area contributed by atoms with E-state index in [-0.39, 0.29) is 17.4 Å². The van der Waals surface area contributed by atoms with Crippen LogP contribution in [0, 0.1) is 12.8 Å². The molecule has 1 unspecified atom stereocenters. The van der Waals surface area contributed by atoms with Crippen molar-refractivity contribution in [1.82, 2.24) is 4.90 Å². The van der Waals surface area contributed by atoms with Gasteiger partial charge in [-0.1, -0.05) is 55.8 Å². The normalized spacial score (nSPS) is 25.6. The van der Waals surface area contributed by atoms with Crippen molar-refractivity contribution in [1.29, 1.82) is 0 Å². The molecule has 30 heavy (non-hydrogen) atoms. The Labute approximate surface area is 183 Å². The second-order valence-electron chi connectivity index (χ2n) is 8.25. The van der Waals surface area contributed by atoms with Crippen molar-refractivity contribution >= 4 is 29.4 Å². The van der Waals surface area contributed by atoms with E-state index in [1.165, 1.54) is 19.3 Å². The van der Waals surface area contributed by atoms with Crippen molar-refractivity contribution in [2.24, 2.45) is 5.92 Å². The standard InChI is InChI=1S/C25H30N2O2S/c1-17-9-7-8-12-22(17)27-24(28)23(16-19-13-14-21(29-3)15-18(19)2)30-25(27)26-20-10-5-4-6-11-20/h4-6,10-11,13-17,22,25-26H,7-9,12H2,1-3H3/b23-16-/t17-,22+,25?/m1/s1. The second kappa shape index (κ2) is 9.17. The highest BCUT2D eigenvalue weighted by Crippen LogP contribution is 2.42. The number of benzene rings is 2. The highest BCUT2D eigenvalue weighted by atomic mass is 32.2. The SMILES string of the molecule is COc1ccc(/C=C2\SC(Nc3ccccc3)N([C@H]3CCCC[C@H]3C)C2=O)c(C)c1. The van der Waals surface area contributed by atoms with Gasteiger partial charge in [-0.15, -0.1) is 0 Å². The Morgan fingerprint density at radius 3 is 2.60 bits per heavy atom. The number of aryl methyl sites for hydroxylation is 1. The van der Waals surface area contributed by atoms with Gasteiger partial charge in [0.15, 0.2) is 5.50 Å². The lowest BCUT2D eigenvalue weighted by Gasteiger charge is -2.39. The molecule has 1 aliphatic heterocycles. The number of hydrogen-bond acceptors (Lipinski definition) is 4. The van der Waals surface area contributed by atoms with Gasteiger partial charge < -0.3 is 15.0 Å². The van der Waals surface area contributed by atoms with E-state index in [0.717, 1.165) is 33.9 Å². The van der Waals surface area contributed by atoms with Gasteiger partial charge in [0.1, 0.15) is 5.75 Å². The molecule has 2 fully saturated rings. The summed E-state index contributed by atoms with van der Waals surface area (Å²) in [6.07, 6.45) is 6.76. The van der Waals surface area contributed by atoms with Gasteiger partial charge in [-0.05, 0) is 67.2 Å². The zero-order valence-corrected chi connectivity index (χ0v) is 18.7. The van der Waals surface area contributed by atoms with Crippen LogP contribution in [-0.4, -0.2) is 29.5 Å². The molecular weight excluding hydrogens is 392 g/mol. The average molecular weight is 423 g/mol. The summed E-state index contributed by atoms with van der Waals surface area (Å²) in [5, 5.41) is 3.60. The van der Waals surface area contributed by atoms with Crippen LogP contribution in [0.15, 0.2) is 53.4 Å². The van der Waals surface area contributed by atoms with Crippen LogP contribution in [0.25, 0.3) is 6.08 Å². The number of hydrogen-bond donors (Lipinski definition) is 1. The molecule has 0 aromatic heterocycles. The zero-order valence-electron chi connectivity index (χ0n) is 17.9. The third-order valence-corrected chi connectivity index (χ3v) is 7.30. The number of nitrogens with zero attached hydrogens (tertiary/aromatic N) is 1. The minimum atomic E-state index is -0.0877. The number of nitrogens with one attached hydrogen (secondary N) is 1. The summed E-state index contributed by atoms with van der Waals surface area (Å²) in [4.78, 5) is 16.5. The molecule has 4 nitrogen and oxygen atoms in total. The van der Waals surface area contributed by atoms with E-state index in [1.807, 2.05) is 42.5 Å². The van der Waals surface area contributed by atoms with Crippen LogP contribution in [0.1, 0.15) is 43.7 Å². The first-order valence-corrected chi connectivity index (χ1v) is 11.6.